The molecule has 0 aliphatic heterocycles. The first-order valence-electron chi connectivity index (χ1n) is 6.11. The predicted molar refractivity (Wildman–Crippen MR) is 74.2 cm³/mol. The average Bonchev–Trinajstić information content (AvgIpc) is 2.43. The van der Waals surface area contributed by atoms with E-state index in [-0.39, 0.29) is 6.61 Å². The maximum absolute atomic E-state index is 11.2. The van der Waals surface area contributed by atoms with Gasteiger partial charge in [-0.3, -0.25) is 0 Å². The van der Waals surface area contributed by atoms with E-state index in [0.717, 1.165) is 23.4 Å². The standard InChI is InChI=1S/C14H21NO4/c1-6-10-7-11(15(2)3)13(8-12(10)17-4)19-9-14(16)18-5/h7-8H,6,9H2,1-5H3. The van der Waals surface area contributed by atoms with E-state index in [9.17, 15) is 4.79 Å². The van der Waals surface area contributed by atoms with Crippen LogP contribution in [-0.4, -0.2) is 40.9 Å². The molecule has 0 unspecified atom stereocenters. The van der Waals surface area contributed by atoms with Crippen LogP contribution in [0.1, 0.15) is 12.5 Å². The van der Waals surface area contributed by atoms with Crippen LogP contribution in [0.3, 0.4) is 0 Å². The van der Waals surface area contributed by atoms with Crippen molar-refractivity contribution in [1.82, 2.24) is 0 Å². The highest BCUT2D eigenvalue weighted by Crippen LogP contribution is 2.35. The molecule has 0 spiro atoms. The van der Waals surface area contributed by atoms with Crippen LogP contribution in [0.25, 0.3) is 0 Å². The van der Waals surface area contributed by atoms with Crippen LogP contribution in [0.5, 0.6) is 11.5 Å². The number of hydrogen-bond acceptors (Lipinski definition) is 5. The molecule has 0 saturated carbocycles. The molecule has 106 valence electrons. The molecule has 0 heterocycles. The Morgan fingerprint density at radius 1 is 1.21 bits per heavy atom. The third kappa shape index (κ3) is 3.77. The fourth-order valence-electron chi connectivity index (χ4n) is 1.72. The Hall–Kier alpha value is -1.91. The SMILES string of the molecule is CCc1cc(N(C)C)c(OCC(=O)OC)cc1OC. The zero-order chi connectivity index (χ0) is 14.4. The first-order chi connectivity index (χ1) is 9.03. The molecule has 0 atom stereocenters. The summed E-state index contributed by atoms with van der Waals surface area (Å²) in [5.74, 6) is 0.945. The molecular formula is C14H21NO4. The van der Waals surface area contributed by atoms with Crippen molar-refractivity contribution in [3.63, 3.8) is 0 Å². The van der Waals surface area contributed by atoms with E-state index in [1.165, 1.54) is 7.11 Å². The van der Waals surface area contributed by atoms with Gasteiger partial charge in [-0.25, -0.2) is 4.79 Å². The van der Waals surface area contributed by atoms with Crippen molar-refractivity contribution < 1.29 is 19.0 Å². The van der Waals surface area contributed by atoms with Crippen molar-refractivity contribution in [3.05, 3.63) is 17.7 Å². The van der Waals surface area contributed by atoms with Gasteiger partial charge in [0.15, 0.2) is 6.61 Å². The number of hydrogen-bond donors (Lipinski definition) is 0. The Balaban J connectivity index is 3.09. The molecule has 0 aliphatic carbocycles. The first-order valence-corrected chi connectivity index (χ1v) is 6.11. The Morgan fingerprint density at radius 2 is 1.89 bits per heavy atom. The van der Waals surface area contributed by atoms with Gasteiger partial charge < -0.3 is 19.1 Å². The summed E-state index contributed by atoms with van der Waals surface area (Å²) in [6.07, 6.45) is 0.862. The van der Waals surface area contributed by atoms with Crippen molar-refractivity contribution >= 4 is 11.7 Å². The van der Waals surface area contributed by atoms with E-state index >= 15 is 0 Å². The van der Waals surface area contributed by atoms with Gasteiger partial charge >= 0.3 is 5.97 Å². The second-order valence-corrected chi connectivity index (χ2v) is 4.24. The van der Waals surface area contributed by atoms with Crippen molar-refractivity contribution in [2.24, 2.45) is 0 Å². The van der Waals surface area contributed by atoms with Crippen LogP contribution < -0.4 is 14.4 Å². The number of carbonyl (C=O) groups excluding carboxylic acids is 1. The number of nitrogens with zero attached hydrogens (tertiary/aromatic N) is 1. The van der Waals surface area contributed by atoms with Gasteiger partial charge in [0.1, 0.15) is 11.5 Å². The highest BCUT2D eigenvalue weighted by Gasteiger charge is 2.13. The summed E-state index contributed by atoms with van der Waals surface area (Å²) >= 11 is 0. The highest BCUT2D eigenvalue weighted by atomic mass is 16.6. The van der Waals surface area contributed by atoms with Crippen molar-refractivity contribution in [1.29, 1.82) is 0 Å². The van der Waals surface area contributed by atoms with E-state index in [2.05, 4.69) is 11.7 Å². The fraction of sp³-hybridized carbons (Fsp3) is 0.500. The average molecular weight is 267 g/mol. The van der Waals surface area contributed by atoms with Gasteiger partial charge in [0.25, 0.3) is 0 Å². The molecule has 5 nitrogen and oxygen atoms in total. The molecule has 0 N–H and O–H groups in total. The molecular weight excluding hydrogens is 246 g/mol. The maximum Gasteiger partial charge on any atom is 0.343 e. The molecule has 19 heavy (non-hydrogen) atoms. The van der Waals surface area contributed by atoms with Crippen LogP contribution in [0.4, 0.5) is 5.69 Å². The van der Waals surface area contributed by atoms with Gasteiger partial charge in [0, 0.05) is 20.2 Å². The van der Waals surface area contributed by atoms with E-state index < -0.39 is 5.97 Å². The number of rotatable bonds is 6. The summed E-state index contributed by atoms with van der Waals surface area (Å²) in [6, 6.07) is 3.81. The van der Waals surface area contributed by atoms with E-state index in [0.29, 0.717) is 5.75 Å². The van der Waals surface area contributed by atoms with Gasteiger partial charge in [0.2, 0.25) is 0 Å². The summed E-state index contributed by atoms with van der Waals surface area (Å²) < 4.78 is 15.4. The monoisotopic (exact) mass is 267 g/mol. The number of anilines is 1. The molecule has 0 fully saturated rings. The van der Waals surface area contributed by atoms with Gasteiger partial charge in [-0.15, -0.1) is 0 Å². The smallest absolute Gasteiger partial charge is 0.343 e. The molecule has 0 aromatic heterocycles. The van der Waals surface area contributed by atoms with Gasteiger partial charge in [-0.2, -0.15) is 0 Å². The Bertz CT molecular complexity index is 443. The molecule has 0 aliphatic rings. The Labute approximate surface area is 114 Å². The molecule has 1 aromatic carbocycles. The number of aryl methyl sites for hydroxylation is 1. The second-order valence-electron chi connectivity index (χ2n) is 4.24. The molecule has 0 radical (unpaired) electrons. The Kier molecular flexibility index (Phi) is 5.48. The van der Waals surface area contributed by atoms with Crippen LogP contribution in [0.15, 0.2) is 12.1 Å². The number of carbonyl (C=O) groups is 1. The van der Waals surface area contributed by atoms with Crippen LogP contribution in [0, 0.1) is 0 Å². The molecule has 5 heteroatoms. The molecule has 1 rings (SSSR count). The summed E-state index contributed by atoms with van der Waals surface area (Å²) in [7, 11) is 6.80. The van der Waals surface area contributed by atoms with Crippen molar-refractivity contribution in [2.75, 3.05) is 39.8 Å². The second kappa shape index (κ2) is 6.87. The minimum Gasteiger partial charge on any atom is -0.496 e. The van der Waals surface area contributed by atoms with Crippen LogP contribution >= 0.6 is 0 Å². The summed E-state index contributed by atoms with van der Waals surface area (Å²) in [5, 5.41) is 0. The maximum atomic E-state index is 11.2. The zero-order valence-electron chi connectivity index (χ0n) is 12.1. The third-order valence-electron chi connectivity index (χ3n) is 2.80. The topological polar surface area (TPSA) is 48.0 Å². The van der Waals surface area contributed by atoms with Crippen LogP contribution in [0.2, 0.25) is 0 Å². The molecule has 0 bridgehead atoms. The molecule has 0 saturated heterocycles. The number of methoxy groups -OCH3 is 2. The Morgan fingerprint density at radius 3 is 2.37 bits per heavy atom. The molecule has 1 aromatic rings. The van der Waals surface area contributed by atoms with E-state index in [4.69, 9.17) is 9.47 Å². The zero-order valence-corrected chi connectivity index (χ0v) is 12.1. The van der Waals surface area contributed by atoms with E-state index in [1.807, 2.05) is 25.1 Å². The van der Waals surface area contributed by atoms with Crippen molar-refractivity contribution in [3.8, 4) is 11.5 Å². The lowest BCUT2D eigenvalue weighted by atomic mass is 10.1. The number of esters is 1. The quantitative estimate of drug-likeness (QED) is 0.736. The summed E-state index contributed by atoms with van der Waals surface area (Å²) in [6.45, 7) is 1.94. The normalized spacial score (nSPS) is 9.95. The number of ether oxygens (including phenoxy) is 3. The number of benzene rings is 1. The largest absolute Gasteiger partial charge is 0.496 e. The fourth-order valence-corrected chi connectivity index (χ4v) is 1.72. The summed E-state index contributed by atoms with van der Waals surface area (Å²) in [5.41, 5.74) is 2.00. The first kappa shape index (κ1) is 15.1. The minimum atomic E-state index is -0.414. The minimum absolute atomic E-state index is 0.119. The lowest BCUT2D eigenvalue weighted by Crippen LogP contribution is -2.16. The lowest BCUT2D eigenvalue weighted by Gasteiger charge is -2.20. The van der Waals surface area contributed by atoms with E-state index in [1.54, 1.807) is 13.2 Å². The lowest BCUT2D eigenvalue weighted by molar-refractivity contribution is -0.142. The van der Waals surface area contributed by atoms with Gasteiger partial charge in [0.05, 0.1) is 19.9 Å². The summed E-state index contributed by atoms with van der Waals surface area (Å²) in [4.78, 5) is 13.1. The van der Waals surface area contributed by atoms with Crippen molar-refractivity contribution in [2.45, 2.75) is 13.3 Å². The molecule has 0 amide bonds. The third-order valence-corrected chi connectivity index (χ3v) is 2.80. The van der Waals surface area contributed by atoms with Gasteiger partial charge in [-0.05, 0) is 18.1 Å². The van der Waals surface area contributed by atoms with Crippen LogP contribution in [-0.2, 0) is 16.0 Å². The predicted octanol–water partition coefficient (Wildman–Crippen LogP) is 1.88. The highest BCUT2D eigenvalue weighted by molar-refractivity contribution is 5.72. The van der Waals surface area contributed by atoms with Gasteiger partial charge in [-0.1, -0.05) is 6.92 Å².